The van der Waals surface area contributed by atoms with Crippen LogP contribution in [-0.2, 0) is 9.59 Å². The van der Waals surface area contributed by atoms with Gasteiger partial charge in [0.1, 0.15) is 5.75 Å². The summed E-state index contributed by atoms with van der Waals surface area (Å²) in [5, 5.41) is 3.70. The van der Waals surface area contributed by atoms with E-state index in [0.717, 1.165) is 22.5 Å². The molecule has 4 aromatic carbocycles. The van der Waals surface area contributed by atoms with Gasteiger partial charge < -0.3 is 10.1 Å². The Balaban J connectivity index is 1.32. The van der Waals surface area contributed by atoms with Gasteiger partial charge in [-0.1, -0.05) is 66.2 Å². The molecular weight excluding hydrogens is 530 g/mol. The predicted molar refractivity (Wildman–Crippen MR) is 160 cm³/mol. The number of rotatable bonds is 7. The normalized spacial score (nSPS) is 15.1. The Bertz CT molecular complexity index is 1570. The maximum Gasteiger partial charge on any atom is 0.271 e. The highest BCUT2D eigenvalue weighted by Crippen LogP contribution is 2.38. The van der Waals surface area contributed by atoms with Gasteiger partial charge in [-0.2, -0.15) is 0 Å². The van der Waals surface area contributed by atoms with Gasteiger partial charge in [0.2, 0.25) is 0 Å². The molecule has 194 valence electrons. The van der Waals surface area contributed by atoms with Crippen molar-refractivity contribution in [1.29, 1.82) is 0 Å². The van der Waals surface area contributed by atoms with Crippen molar-refractivity contribution in [2.24, 2.45) is 4.99 Å². The number of benzene rings is 4. The molecule has 0 atom stereocenters. The van der Waals surface area contributed by atoms with Crippen LogP contribution < -0.4 is 15.0 Å². The van der Waals surface area contributed by atoms with E-state index < -0.39 is 0 Å². The number of carbonyl (C=O) groups is 2. The summed E-state index contributed by atoms with van der Waals surface area (Å²) in [5.74, 6) is -0.0898. The molecule has 39 heavy (non-hydrogen) atoms. The van der Waals surface area contributed by atoms with Crippen molar-refractivity contribution in [3.05, 3.63) is 124 Å². The molecule has 2 amide bonds. The molecule has 1 heterocycles. The number of hydrogen-bond donors (Lipinski definition) is 1. The highest BCUT2D eigenvalue weighted by molar-refractivity contribution is 8.19. The van der Waals surface area contributed by atoms with E-state index in [2.05, 4.69) is 5.32 Å². The maximum absolute atomic E-state index is 13.5. The number of halogens is 1. The molecule has 0 bridgehead atoms. The minimum absolute atomic E-state index is 0.176. The van der Waals surface area contributed by atoms with E-state index in [0.29, 0.717) is 26.5 Å². The highest BCUT2D eigenvalue weighted by Gasteiger charge is 2.34. The number of ether oxygens (including phenoxy) is 1. The first kappa shape index (κ1) is 26.3. The third kappa shape index (κ3) is 6.57. The minimum Gasteiger partial charge on any atom is -0.482 e. The summed E-state index contributed by atoms with van der Waals surface area (Å²) in [5.41, 5.74) is 3.96. The number of thioether (sulfide) groups is 1. The Kier molecular flexibility index (Phi) is 8.10. The summed E-state index contributed by atoms with van der Waals surface area (Å²) in [7, 11) is 0. The lowest BCUT2D eigenvalue weighted by atomic mass is 10.2. The number of nitrogens with one attached hydrogen (secondary N) is 1. The highest BCUT2D eigenvalue weighted by atomic mass is 35.5. The van der Waals surface area contributed by atoms with E-state index in [1.165, 1.54) is 11.8 Å². The van der Waals surface area contributed by atoms with Gasteiger partial charge in [0.15, 0.2) is 11.8 Å². The lowest BCUT2D eigenvalue weighted by Gasteiger charge is -2.15. The van der Waals surface area contributed by atoms with Gasteiger partial charge in [0.05, 0.1) is 21.3 Å². The zero-order valence-corrected chi connectivity index (χ0v) is 22.6. The fourth-order valence-electron chi connectivity index (χ4n) is 3.90. The summed E-state index contributed by atoms with van der Waals surface area (Å²) >= 11 is 7.76. The monoisotopic (exact) mass is 553 g/mol. The van der Waals surface area contributed by atoms with Crippen LogP contribution in [0.2, 0.25) is 5.02 Å². The molecule has 1 aliphatic heterocycles. The van der Waals surface area contributed by atoms with Crippen LogP contribution in [0.15, 0.2) is 113 Å². The fourth-order valence-corrected chi connectivity index (χ4v) is 5.15. The molecule has 5 rings (SSSR count). The number of para-hydroxylation sites is 2. The second-order valence-electron chi connectivity index (χ2n) is 8.71. The van der Waals surface area contributed by atoms with Gasteiger partial charge >= 0.3 is 0 Å². The minimum atomic E-state index is -0.290. The first-order chi connectivity index (χ1) is 19.0. The molecule has 1 N–H and O–H groups in total. The number of hydrogen-bond acceptors (Lipinski definition) is 5. The third-order valence-electron chi connectivity index (χ3n) is 5.72. The van der Waals surface area contributed by atoms with Crippen LogP contribution in [0, 0.1) is 6.92 Å². The van der Waals surface area contributed by atoms with Crippen molar-refractivity contribution in [2.45, 2.75) is 6.92 Å². The molecular formula is C31H24ClN3O3S. The first-order valence-corrected chi connectivity index (χ1v) is 13.4. The van der Waals surface area contributed by atoms with Gasteiger partial charge in [-0.05, 0) is 84.4 Å². The number of anilines is 2. The van der Waals surface area contributed by atoms with Crippen LogP contribution in [0.1, 0.15) is 11.1 Å². The first-order valence-electron chi connectivity index (χ1n) is 12.2. The van der Waals surface area contributed by atoms with Crippen LogP contribution in [0.25, 0.3) is 6.08 Å². The molecule has 0 spiro atoms. The Morgan fingerprint density at radius 3 is 2.44 bits per heavy atom. The molecule has 4 aromatic rings. The van der Waals surface area contributed by atoms with Crippen molar-refractivity contribution in [3.63, 3.8) is 0 Å². The maximum atomic E-state index is 13.5. The van der Waals surface area contributed by atoms with Crippen LogP contribution in [0.3, 0.4) is 0 Å². The zero-order chi connectivity index (χ0) is 27.2. The average Bonchev–Trinajstić information content (AvgIpc) is 3.23. The number of amidine groups is 1. The quantitative estimate of drug-likeness (QED) is 0.241. The lowest BCUT2D eigenvalue weighted by molar-refractivity contribution is -0.118. The standard InChI is InChI=1S/C31H24ClN3O3S/c1-21-9-8-12-24(17-21)33-29(36)20-38-27-16-15-22(18-26(27)32)19-28-30(37)35(25-13-6-3-7-14-25)31(39-28)34-23-10-4-2-5-11-23/h2-19H,20H2,1H3,(H,33,36)/b28-19-,34-31?. The van der Waals surface area contributed by atoms with Crippen molar-refractivity contribution in [2.75, 3.05) is 16.8 Å². The number of aryl methyl sites for hydroxylation is 1. The number of aliphatic imine (C=N–C) groups is 1. The average molecular weight is 554 g/mol. The fraction of sp³-hybridized carbons (Fsp3) is 0.0645. The predicted octanol–water partition coefficient (Wildman–Crippen LogP) is 7.47. The second-order valence-corrected chi connectivity index (χ2v) is 10.1. The molecule has 0 unspecified atom stereocenters. The van der Waals surface area contributed by atoms with Gasteiger partial charge in [-0.15, -0.1) is 0 Å². The van der Waals surface area contributed by atoms with Gasteiger partial charge in [0.25, 0.3) is 11.8 Å². The molecule has 1 fully saturated rings. The molecule has 1 aliphatic rings. The Labute approximate surface area is 236 Å². The molecule has 0 saturated carbocycles. The summed E-state index contributed by atoms with van der Waals surface area (Å²) in [6, 6.07) is 31.6. The second kappa shape index (κ2) is 12.0. The van der Waals surface area contributed by atoms with Crippen LogP contribution in [0.4, 0.5) is 17.1 Å². The summed E-state index contributed by atoms with van der Waals surface area (Å²) in [4.78, 5) is 32.6. The van der Waals surface area contributed by atoms with E-state index in [1.807, 2.05) is 91.9 Å². The summed E-state index contributed by atoms with van der Waals surface area (Å²) in [6.07, 6.45) is 1.77. The van der Waals surface area contributed by atoms with E-state index in [4.69, 9.17) is 21.3 Å². The van der Waals surface area contributed by atoms with Crippen molar-refractivity contribution >= 4 is 63.5 Å². The molecule has 8 heteroatoms. The lowest BCUT2D eigenvalue weighted by Crippen LogP contribution is -2.28. The van der Waals surface area contributed by atoms with E-state index in [1.54, 1.807) is 29.2 Å². The molecule has 1 saturated heterocycles. The number of amides is 2. The van der Waals surface area contributed by atoms with Crippen LogP contribution in [0.5, 0.6) is 5.75 Å². The van der Waals surface area contributed by atoms with Crippen molar-refractivity contribution < 1.29 is 14.3 Å². The van der Waals surface area contributed by atoms with Crippen molar-refractivity contribution in [3.8, 4) is 5.75 Å². The summed E-state index contributed by atoms with van der Waals surface area (Å²) < 4.78 is 5.64. The van der Waals surface area contributed by atoms with E-state index in [9.17, 15) is 9.59 Å². The molecule has 0 radical (unpaired) electrons. The Hall–Kier alpha value is -4.33. The number of nitrogens with zero attached hydrogens (tertiary/aromatic N) is 2. The van der Waals surface area contributed by atoms with Gasteiger partial charge in [-0.3, -0.25) is 14.5 Å². The number of carbonyl (C=O) groups excluding carboxylic acids is 2. The molecule has 6 nitrogen and oxygen atoms in total. The topological polar surface area (TPSA) is 71.0 Å². The van der Waals surface area contributed by atoms with Gasteiger partial charge in [-0.25, -0.2) is 4.99 Å². The third-order valence-corrected chi connectivity index (χ3v) is 6.98. The zero-order valence-electron chi connectivity index (χ0n) is 21.0. The molecule has 0 aromatic heterocycles. The SMILES string of the molecule is Cc1cccc(NC(=O)COc2ccc(/C=C3\SC(=Nc4ccccc4)N(c4ccccc4)C3=O)cc2Cl)c1. The Morgan fingerprint density at radius 1 is 0.974 bits per heavy atom. The summed E-state index contributed by atoms with van der Waals surface area (Å²) in [6.45, 7) is 1.77. The van der Waals surface area contributed by atoms with Crippen LogP contribution in [-0.4, -0.2) is 23.6 Å². The molecule has 0 aliphatic carbocycles. The largest absolute Gasteiger partial charge is 0.482 e. The van der Waals surface area contributed by atoms with Crippen molar-refractivity contribution in [1.82, 2.24) is 0 Å². The van der Waals surface area contributed by atoms with Crippen LogP contribution >= 0.6 is 23.4 Å². The van der Waals surface area contributed by atoms with E-state index >= 15 is 0 Å². The van der Waals surface area contributed by atoms with Gasteiger partial charge in [0, 0.05) is 5.69 Å². The van der Waals surface area contributed by atoms with E-state index in [-0.39, 0.29) is 18.4 Å². The Morgan fingerprint density at radius 2 is 1.72 bits per heavy atom. The smallest absolute Gasteiger partial charge is 0.271 e.